The van der Waals surface area contributed by atoms with E-state index < -0.39 is 0 Å². The SMILES string of the molecule is CC(C)C[C@H]1CN(C/C=C/c2ccccc2)[C@@H](CC(C)C)C(=O)N1.S.S. The Bertz CT molecular complexity index is 546. The molecule has 5 heteroatoms. The van der Waals surface area contributed by atoms with Crippen molar-refractivity contribution in [3.8, 4) is 0 Å². The Morgan fingerprint density at radius 1 is 1.08 bits per heavy atom. The van der Waals surface area contributed by atoms with Crippen molar-refractivity contribution in [3.63, 3.8) is 0 Å². The van der Waals surface area contributed by atoms with Gasteiger partial charge in [0.25, 0.3) is 0 Å². The monoisotopic (exact) mass is 396 g/mol. The van der Waals surface area contributed by atoms with Crippen molar-refractivity contribution in [1.82, 2.24) is 10.2 Å². The summed E-state index contributed by atoms with van der Waals surface area (Å²) in [5.74, 6) is 1.32. The first-order chi connectivity index (χ1) is 11.5. The molecule has 0 aromatic heterocycles. The van der Waals surface area contributed by atoms with E-state index in [0.717, 1.165) is 25.9 Å². The normalized spacial score (nSPS) is 20.8. The average molecular weight is 397 g/mol. The molecule has 1 amide bonds. The van der Waals surface area contributed by atoms with E-state index in [1.807, 2.05) is 18.2 Å². The van der Waals surface area contributed by atoms with E-state index in [9.17, 15) is 4.79 Å². The minimum Gasteiger partial charge on any atom is -0.351 e. The second kappa shape index (κ2) is 12.5. The third kappa shape index (κ3) is 8.19. The Labute approximate surface area is 173 Å². The quantitative estimate of drug-likeness (QED) is 0.749. The number of benzene rings is 1. The highest BCUT2D eigenvalue weighted by atomic mass is 32.1. The number of amides is 1. The van der Waals surface area contributed by atoms with Crippen LogP contribution in [0.3, 0.4) is 0 Å². The van der Waals surface area contributed by atoms with Gasteiger partial charge in [-0.1, -0.05) is 70.2 Å². The highest BCUT2D eigenvalue weighted by Gasteiger charge is 2.34. The van der Waals surface area contributed by atoms with Gasteiger partial charge in [0, 0.05) is 19.1 Å². The lowest BCUT2D eigenvalue weighted by atomic mass is 9.95. The van der Waals surface area contributed by atoms with Crippen molar-refractivity contribution < 1.29 is 4.79 Å². The number of carbonyl (C=O) groups excluding carboxylic acids is 1. The van der Waals surface area contributed by atoms with Gasteiger partial charge in [-0.25, -0.2) is 0 Å². The molecule has 0 bridgehead atoms. The zero-order valence-corrected chi connectivity index (χ0v) is 18.5. The lowest BCUT2D eigenvalue weighted by Crippen LogP contribution is -2.60. The summed E-state index contributed by atoms with van der Waals surface area (Å²) in [7, 11) is 0. The van der Waals surface area contributed by atoms with Gasteiger partial charge in [-0.15, -0.1) is 0 Å². The fraction of sp³-hybridized carbons (Fsp3) is 0.571. The summed E-state index contributed by atoms with van der Waals surface area (Å²) in [4.78, 5) is 14.9. The molecule has 1 aromatic rings. The summed E-state index contributed by atoms with van der Waals surface area (Å²) < 4.78 is 0. The van der Waals surface area contributed by atoms with Gasteiger partial charge in [-0.05, 0) is 30.2 Å². The zero-order valence-electron chi connectivity index (χ0n) is 16.5. The molecular formula is C21H36N2OS2. The fourth-order valence-corrected chi connectivity index (χ4v) is 3.41. The van der Waals surface area contributed by atoms with Crippen molar-refractivity contribution in [3.05, 3.63) is 42.0 Å². The van der Waals surface area contributed by atoms with Crippen LogP contribution in [0, 0.1) is 11.8 Å². The van der Waals surface area contributed by atoms with Crippen LogP contribution in [-0.2, 0) is 4.79 Å². The van der Waals surface area contributed by atoms with Crippen LogP contribution in [0.1, 0.15) is 46.1 Å². The lowest BCUT2D eigenvalue weighted by Gasteiger charge is -2.40. The first-order valence-corrected chi connectivity index (χ1v) is 9.21. The summed E-state index contributed by atoms with van der Waals surface area (Å²) in [6.07, 6.45) is 6.29. The molecular weight excluding hydrogens is 360 g/mol. The van der Waals surface area contributed by atoms with Crippen LogP contribution in [0.4, 0.5) is 0 Å². The van der Waals surface area contributed by atoms with Crippen LogP contribution < -0.4 is 5.32 Å². The summed E-state index contributed by atoms with van der Waals surface area (Å²) in [6.45, 7) is 10.6. The number of nitrogens with zero attached hydrogens (tertiary/aromatic N) is 1. The largest absolute Gasteiger partial charge is 0.351 e. The van der Waals surface area contributed by atoms with E-state index in [0.29, 0.717) is 11.8 Å². The highest BCUT2D eigenvalue weighted by Crippen LogP contribution is 2.19. The second-order valence-corrected chi connectivity index (χ2v) is 7.75. The maximum Gasteiger partial charge on any atom is 0.237 e. The third-order valence-corrected chi connectivity index (χ3v) is 4.45. The second-order valence-electron chi connectivity index (χ2n) is 7.75. The smallest absolute Gasteiger partial charge is 0.237 e. The molecule has 1 aliphatic heterocycles. The maximum atomic E-state index is 12.6. The molecule has 148 valence electrons. The molecule has 0 aliphatic carbocycles. The first kappa shape index (κ1) is 25.1. The molecule has 1 fully saturated rings. The van der Waals surface area contributed by atoms with Gasteiger partial charge >= 0.3 is 0 Å². The molecule has 1 N–H and O–H groups in total. The fourth-order valence-electron chi connectivity index (χ4n) is 3.41. The van der Waals surface area contributed by atoms with E-state index in [-0.39, 0.29) is 45.0 Å². The van der Waals surface area contributed by atoms with Crippen molar-refractivity contribution in [2.24, 2.45) is 11.8 Å². The topological polar surface area (TPSA) is 32.3 Å². The van der Waals surface area contributed by atoms with Crippen LogP contribution in [-0.4, -0.2) is 36.0 Å². The predicted molar refractivity (Wildman–Crippen MR) is 122 cm³/mol. The molecule has 1 aromatic carbocycles. The van der Waals surface area contributed by atoms with Crippen LogP contribution in [0.2, 0.25) is 0 Å². The third-order valence-electron chi connectivity index (χ3n) is 4.45. The minimum atomic E-state index is -0.00571. The zero-order chi connectivity index (χ0) is 17.5. The molecule has 1 saturated heterocycles. The van der Waals surface area contributed by atoms with Crippen molar-refractivity contribution in [2.75, 3.05) is 13.1 Å². The van der Waals surface area contributed by atoms with Gasteiger partial charge in [-0.2, -0.15) is 27.0 Å². The molecule has 0 saturated carbocycles. The molecule has 2 rings (SSSR count). The number of hydrogen-bond donors (Lipinski definition) is 1. The van der Waals surface area contributed by atoms with Gasteiger partial charge in [0.1, 0.15) is 0 Å². The Balaban J connectivity index is 0.00000312. The number of rotatable bonds is 7. The lowest BCUT2D eigenvalue weighted by molar-refractivity contribution is -0.131. The standard InChI is InChI=1S/C21H32N2O.2H2S/c1-16(2)13-19-15-23(20(14-17(3)4)21(24)22-19)12-8-11-18-9-6-5-7-10-18;;/h5-11,16-17,19-20H,12-15H2,1-4H3,(H,22,24);2*1H2/b11-8+;;/t19-,20-;;/m0../s1. The van der Waals surface area contributed by atoms with Gasteiger partial charge in [0.15, 0.2) is 0 Å². The summed E-state index contributed by atoms with van der Waals surface area (Å²) in [6, 6.07) is 10.6. The molecule has 26 heavy (non-hydrogen) atoms. The summed E-state index contributed by atoms with van der Waals surface area (Å²) in [5.41, 5.74) is 1.21. The molecule has 0 radical (unpaired) electrons. The number of hydrogen-bond acceptors (Lipinski definition) is 2. The van der Waals surface area contributed by atoms with Gasteiger partial charge in [0.2, 0.25) is 5.91 Å². The molecule has 1 aliphatic rings. The highest BCUT2D eigenvalue weighted by molar-refractivity contribution is 7.59. The van der Waals surface area contributed by atoms with Crippen molar-refractivity contribution in [2.45, 2.75) is 52.6 Å². The van der Waals surface area contributed by atoms with Crippen LogP contribution in [0.15, 0.2) is 36.4 Å². The summed E-state index contributed by atoms with van der Waals surface area (Å²) in [5, 5.41) is 3.24. The van der Waals surface area contributed by atoms with E-state index in [2.05, 4.69) is 62.2 Å². The first-order valence-electron chi connectivity index (χ1n) is 9.21. The van der Waals surface area contributed by atoms with Crippen LogP contribution in [0.25, 0.3) is 6.08 Å². The Morgan fingerprint density at radius 3 is 2.27 bits per heavy atom. The van der Waals surface area contributed by atoms with E-state index in [4.69, 9.17) is 0 Å². The Kier molecular flexibility index (Phi) is 12.0. The van der Waals surface area contributed by atoms with Crippen molar-refractivity contribution in [1.29, 1.82) is 0 Å². The average Bonchev–Trinajstić information content (AvgIpc) is 2.51. The van der Waals surface area contributed by atoms with Crippen LogP contribution >= 0.6 is 27.0 Å². The molecule has 3 nitrogen and oxygen atoms in total. The minimum absolute atomic E-state index is 0. The van der Waals surface area contributed by atoms with Gasteiger partial charge in [-0.3, -0.25) is 9.69 Å². The Morgan fingerprint density at radius 2 is 1.69 bits per heavy atom. The molecule has 0 unspecified atom stereocenters. The molecule has 1 heterocycles. The number of nitrogens with one attached hydrogen (secondary N) is 1. The maximum absolute atomic E-state index is 12.6. The van der Waals surface area contributed by atoms with Crippen molar-refractivity contribution >= 4 is 39.0 Å². The van der Waals surface area contributed by atoms with E-state index in [1.54, 1.807) is 0 Å². The van der Waals surface area contributed by atoms with E-state index in [1.165, 1.54) is 5.56 Å². The number of carbonyl (C=O) groups is 1. The van der Waals surface area contributed by atoms with E-state index >= 15 is 0 Å². The van der Waals surface area contributed by atoms with Gasteiger partial charge < -0.3 is 5.32 Å². The van der Waals surface area contributed by atoms with Gasteiger partial charge in [0.05, 0.1) is 6.04 Å². The molecule has 2 atom stereocenters. The Hall–Kier alpha value is -0.910. The predicted octanol–water partition coefficient (Wildman–Crippen LogP) is 4.19. The summed E-state index contributed by atoms with van der Waals surface area (Å²) >= 11 is 0. The van der Waals surface area contributed by atoms with Crippen LogP contribution in [0.5, 0.6) is 0 Å². The molecule has 0 spiro atoms. The number of piperazine rings is 1.